The largest absolute Gasteiger partial charge is 0.372 e. The second-order valence-corrected chi connectivity index (χ2v) is 10.6. The lowest BCUT2D eigenvalue weighted by Gasteiger charge is -2.35. The minimum absolute atomic E-state index is 0.0400. The topological polar surface area (TPSA) is 70.2 Å². The molecule has 2 saturated heterocycles. The number of rotatable bonds is 5. The van der Waals surface area contributed by atoms with Gasteiger partial charge < -0.3 is 9.64 Å². The van der Waals surface area contributed by atoms with Gasteiger partial charge in [-0.2, -0.15) is 4.31 Å². The molecule has 0 aliphatic carbocycles. The quantitative estimate of drug-likeness (QED) is 0.690. The van der Waals surface area contributed by atoms with Crippen molar-refractivity contribution in [3.8, 4) is 0 Å². The average molecular weight is 458 g/mol. The first-order valence-corrected chi connectivity index (χ1v) is 12.6. The van der Waals surface area contributed by atoms with E-state index in [1.165, 1.54) is 15.9 Å². The van der Waals surface area contributed by atoms with Crippen LogP contribution in [0.15, 0.2) is 59.5 Å². The summed E-state index contributed by atoms with van der Waals surface area (Å²) in [6.07, 6.45) is -0.0800. The predicted octanol–water partition coefficient (Wildman–Crippen LogP) is 2.44. The predicted molar refractivity (Wildman–Crippen MR) is 123 cm³/mol. The SMILES string of the molecule is C[C@@H]1CN(C(=O)c2cccc(S(=O)(=O)N3CCN(Cc4ccccc4)CC3)c2)C[C@@H](C)O1. The van der Waals surface area contributed by atoms with Crippen molar-refractivity contribution in [1.29, 1.82) is 0 Å². The number of ether oxygens (including phenoxy) is 1. The molecule has 172 valence electrons. The molecule has 0 bridgehead atoms. The summed E-state index contributed by atoms with van der Waals surface area (Å²) in [5.74, 6) is -0.156. The number of carbonyl (C=O) groups is 1. The molecule has 2 fully saturated rings. The summed E-state index contributed by atoms with van der Waals surface area (Å²) in [6.45, 7) is 7.93. The number of piperazine rings is 1. The molecular weight excluding hydrogens is 426 g/mol. The molecule has 2 atom stereocenters. The van der Waals surface area contributed by atoms with Gasteiger partial charge in [-0.15, -0.1) is 0 Å². The van der Waals surface area contributed by atoms with E-state index in [2.05, 4.69) is 17.0 Å². The van der Waals surface area contributed by atoms with Crippen molar-refractivity contribution in [3.63, 3.8) is 0 Å². The van der Waals surface area contributed by atoms with Gasteiger partial charge in [-0.25, -0.2) is 8.42 Å². The molecular formula is C24H31N3O4S. The van der Waals surface area contributed by atoms with Gasteiger partial charge in [0.25, 0.3) is 5.91 Å². The Morgan fingerprint density at radius 2 is 1.59 bits per heavy atom. The van der Waals surface area contributed by atoms with Gasteiger partial charge in [0.15, 0.2) is 0 Å². The fourth-order valence-corrected chi connectivity index (χ4v) is 5.90. The van der Waals surface area contributed by atoms with E-state index in [9.17, 15) is 13.2 Å². The zero-order chi connectivity index (χ0) is 22.7. The lowest BCUT2D eigenvalue weighted by Crippen LogP contribution is -2.48. The number of sulfonamides is 1. The van der Waals surface area contributed by atoms with Crippen LogP contribution in [0.25, 0.3) is 0 Å². The summed E-state index contributed by atoms with van der Waals surface area (Å²) in [5.41, 5.74) is 1.62. The van der Waals surface area contributed by atoms with Gasteiger partial charge in [0.1, 0.15) is 0 Å². The van der Waals surface area contributed by atoms with Crippen LogP contribution in [-0.2, 0) is 21.3 Å². The number of nitrogens with zero attached hydrogens (tertiary/aromatic N) is 3. The second-order valence-electron chi connectivity index (χ2n) is 8.66. The summed E-state index contributed by atoms with van der Waals surface area (Å²) in [5, 5.41) is 0. The van der Waals surface area contributed by atoms with Crippen LogP contribution < -0.4 is 0 Å². The first kappa shape index (κ1) is 22.9. The monoisotopic (exact) mass is 457 g/mol. The molecule has 0 N–H and O–H groups in total. The summed E-state index contributed by atoms with van der Waals surface area (Å²) >= 11 is 0. The van der Waals surface area contributed by atoms with E-state index in [4.69, 9.17) is 4.74 Å². The Bertz CT molecular complexity index is 1030. The highest BCUT2D eigenvalue weighted by Gasteiger charge is 2.30. The Kier molecular flexibility index (Phi) is 6.95. The van der Waals surface area contributed by atoms with E-state index >= 15 is 0 Å². The summed E-state index contributed by atoms with van der Waals surface area (Å²) in [6, 6.07) is 16.6. The number of carbonyl (C=O) groups excluding carboxylic acids is 1. The minimum Gasteiger partial charge on any atom is -0.372 e. The van der Waals surface area contributed by atoms with Crippen LogP contribution in [-0.4, -0.2) is 79.9 Å². The Hall–Kier alpha value is -2.26. The molecule has 2 aromatic carbocycles. The third-order valence-corrected chi connectivity index (χ3v) is 7.90. The van der Waals surface area contributed by atoms with Gasteiger partial charge in [0.05, 0.1) is 17.1 Å². The molecule has 2 aliphatic rings. The van der Waals surface area contributed by atoms with Crippen LogP contribution in [0.2, 0.25) is 0 Å². The molecule has 4 rings (SSSR count). The molecule has 7 nitrogen and oxygen atoms in total. The van der Waals surface area contributed by atoms with Gasteiger partial charge in [-0.3, -0.25) is 9.69 Å². The zero-order valence-corrected chi connectivity index (χ0v) is 19.5. The van der Waals surface area contributed by atoms with Crippen LogP contribution >= 0.6 is 0 Å². The Morgan fingerprint density at radius 3 is 2.25 bits per heavy atom. The molecule has 1 amide bonds. The minimum atomic E-state index is -3.66. The number of amides is 1. The van der Waals surface area contributed by atoms with E-state index in [1.54, 1.807) is 23.1 Å². The maximum absolute atomic E-state index is 13.3. The fourth-order valence-electron chi connectivity index (χ4n) is 4.43. The number of benzene rings is 2. The maximum atomic E-state index is 13.3. The van der Waals surface area contributed by atoms with Crippen LogP contribution in [0.5, 0.6) is 0 Å². The van der Waals surface area contributed by atoms with Gasteiger partial charge in [-0.1, -0.05) is 36.4 Å². The summed E-state index contributed by atoms with van der Waals surface area (Å²) in [7, 11) is -3.66. The zero-order valence-electron chi connectivity index (χ0n) is 18.7. The van der Waals surface area contributed by atoms with E-state index in [0.29, 0.717) is 44.8 Å². The normalized spacial score (nSPS) is 23.2. The van der Waals surface area contributed by atoms with E-state index in [0.717, 1.165) is 6.54 Å². The lowest BCUT2D eigenvalue weighted by atomic mass is 10.1. The summed E-state index contributed by atoms with van der Waals surface area (Å²) < 4.78 is 33.8. The smallest absolute Gasteiger partial charge is 0.254 e. The Morgan fingerprint density at radius 1 is 0.938 bits per heavy atom. The molecule has 0 aromatic heterocycles. The maximum Gasteiger partial charge on any atom is 0.254 e. The van der Waals surface area contributed by atoms with Crippen LogP contribution in [0.1, 0.15) is 29.8 Å². The fraction of sp³-hybridized carbons (Fsp3) is 0.458. The van der Waals surface area contributed by atoms with E-state index in [1.807, 2.05) is 32.0 Å². The highest BCUT2D eigenvalue weighted by atomic mass is 32.2. The average Bonchev–Trinajstić information content (AvgIpc) is 2.79. The van der Waals surface area contributed by atoms with Gasteiger partial charge in [0, 0.05) is 51.4 Å². The molecule has 8 heteroatoms. The van der Waals surface area contributed by atoms with Crippen molar-refractivity contribution in [2.24, 2.45) is 0 Å². The Balaban J connectivity index is 1.42. The summed E-state index contributed by atoms with van der Waals surface area (Å²) in [4.78, 5) is 17.2. The van der Waals surface area contributed by atoms with Crippen molar-refractivity contribution in [2.45, 2.75) is 37.5 Å². The van der Waals surface area contributed by atoms with Gasteiger partial charge >= 0.3 is 0 Å². The van der Waals surface area contributed by atoms with Gasteiger partial charge in [-0.05, 0) is 37.6 Å². The highest BCUT2D eigenvalue weighted by Crippen LogP contribution is 2.21. The number of hydrogen-bond acceptors (Lipinski definition) is 5. The van der Waals surface area contributed by atoms with Crippen molar-refractivity contribution < 1.29 is 17.9 Å². The molecule has 0 saturated carbocycles. The molecule has 0 spiro atoms. The third-order valence-electron chi connectivity index (χ3n) is 6.01. The number of hydrogen-bond donors (Lipinski definition) is 0. The first-order valence-electron chi connectivity index (χ1n) is 11.1. The van der Waals surface area contributed by atoms with Gasteiger partial charge in [0.2, 0.25) is 10.0 Å². The highest BCUT2D eigenvalue weighted by molar-refractivity contribution is 7.89. The molecule has 0 unspecified atom stereocenters. The lowest BCUT2D eigenvalue weighted by molar-refractivity contribution is -0.0586. The third kappa shape index (κ3) is 5.20. The molecule has 2 aromatic rings. The molecule has 2 heterocycles. The van der Waals surface area contributed by atoms with E-state index < -0.39 is 10.0 Å². The van der Waals surface area contributed by atoms with Crippen molar-refractivity contribution in [2.75, 3.05) is 39.3 Å². The Labute approximate surface area is 190 Å². The molecule has 0 radical (unpaired) electrons. The van der Waals surface area contributed by atoms with Crippen LogP contribution in [0.4, 0.5) is 0 Å². The van der Waals surface area contributed by atoms with Crippen LogP contribution in [0, 0.1) is 0 Å². The first-order chi connectivity index (χ1) is 15.3. The molecule has 32 heavy (non-hydrogen) atoms. The van der Waals surface area contributed by atoms with Crippen LogP contribution in [0.3, 0.4) is 0 Å². The van der Waals surface area contributed by atoms with Crippen molar-refractivity contribution in [1.82, 2.24) is 14.1 Å². The number of morpholine rings is 1. The second kappa shape index (κ2) is 9.70. The molecule has 2 aliphatic heterocycles. The van der Waals surface area contributed by atoms with E-state index in [-0.39, 0.29) is 23.0 Å². The standard InChI is InChI=1S/C24H31N3O4S/c1-19-16-26(17-20(2)31-19)24(28)22-9-6-10-23(15-22)32(29,30)27-13-11-25(12-14-27)18-21-7-4-3-5-8-21/h3-10,15,19-20H,11-14,16-18H2,1-2H3/t19-,20-/m1/s1. The van der Waals surface area contributed by atoms with Crippen molar-refractivity contribution in [3.05, 3.63) is 65.7 Å². The van der Waals surface area contributed by atoms with Crippen molar-refractivity contribution >= 4 is 15.9 Å².